The SMILES string of the molecule is COCCCCC(=O)N1CCN(c2ncccc2C(N)=O)CC1. The fraction of sp³-hybridized carbons (Fsp3) is 0.562. The third-order valence-corrected chi connectivity index (χ3v) is 3.97. The van der Waals surface area contributed by atoms with Gasteiger partial charge in [0.2, 0.25) is 5.91 Å². The van der Waals surface area contributed by atoms with Crippen molar-refractivity contribution in [3.8, 4) is 0 Å². The Hall–Kier alpha value is -2.15. The second-order valence-electron chi connectivity index (χ2n) is 5.56. The van der Waals surface area contributed by atoms with Crippen molar-refractivity contribution in [3.05, 3.63) is 23.9 Å². The monoisotopic (exact) mass is 320 g/mol. The first-order valence-corrected chi connectivity index (χ1v) is 7.90. The van der Waals surface area contributed by atoms with E-state index in [0.717, 1.165) is 12.8 Å². The van der Waals surface area contributed by atoms with E-state index in [-0.39, 0.29) is 5.91 Å². The van der Waals surface area contributed by atoms with E-state index in [9.17, 15) is 9.59 Å². The van der Waals surface area contributed by atoms with Crippen LogP contribution in [0.5, 0.6) is 0 Å². The van der Waals surface area contributed by atoms with Crippen LogP contribution in [0.4, 0.5) is 5.82 Å². The predicted octanol–water partition coefficient (Wildman–Crippen LogP) is 0.646. The van der Waals surface area contributed by atoms with Crippen molar-refractivity contribution in [1.29, 1.82) is 0 Å². The summed E-state index contributed by atoms with van der Waals surface area (Å²) in [6.07, 6.45) is 3.95. The first-order valence-electron chi connectivity index (χ1n) is 7.90. The molecule has 7 nitrogen and oxygen atoms in total. The lowest BCUT2D eigenvalue weighted by molar-refractivity contribution is -0.131. The predicted molar refractivity (Wildman–Crippen MR) is 87.3 cm³/mol. The highest BCUT2D eigenvalue weighted by Crippen LogP contribution is 2.19. The van der Waals surface area contributed by atoms with Crippen molar-refractivity contribution < 1.29 is 14.3 Å². The Labute approximate surface area is 136 Å². The second kappa shape index (κ2) is 8.47. The van der Waals surface area contributed by atoms with E-state index in [1.54, 1.807) is 25.4 Å². The van der Waals surface area contributed by atoms with Crippen molar-refractivity contribution >= 4 is 17.6 Å². The molecular formula is C16H24N4O3. The minimum Gasteiger partial charge on any atom is -0.385 e. The number of piperazine rings is 1. The topological polar surface area (TPSA) is 88.8 Å². The van der Waals surface area contributed by atoms with Gasteiger partial charge in [-0.25, -0.2) is 4.98 Å². The Kier molecular flexibility index (Phi) is 6.34. The van der Waals surface area contributed by atoms with Crippen LogP contribution in [-0.2, 0) is 9.53 Å². The summed E-state index contributed by atoms with van der Waals surface area (Å²) in [6.45, 7) is 3.27. The highest BCUT2D eigenvalue weighted by molar-refractivity contribution is 5.97. The van der Waals surface area contributed by atoms with E-state index >= 15 is 0 Å². The van der Waals surface area contributed by atoms with Crippen molar-refractivity contribution in [3.63, 3.8) is 0 Å². The molecule has 1 aromatic rings. The first-order chi connectivity index (χ1) is 11.1. The number of unbranched alkanes of at least 4 members (excludes halogenated alkanes) is 1. The molecule has 0 unspecified atom stereocenters. The number of pyridine rings is 1. The minimum atomic E-state index is -0.482. The molecule has 0 aliphatic carbocycles. The van der Waals surface area contributed by atoms with E-state index in [4.69, 9.17) is 10.5 Å². The molecule has 1 saturated heterocycles. The molecule has 0 atom stereocenters. The van der Waals surface area contributed by atoms with Gasteiger partial charge in [-0.1, -0.05) is 0 Å². The average molecular weight is 320 g/mol. The van der Waals surface area contributed by atoms with Crippen LogP contribution < -0.4 is 10.6 Å². The molecule has 0 radical (unpaired) electrons. The number of hydrogen-bond acceptors (Lipinski definition) is 5. The lowest BCUT2D eigenvalue weighted by atomic mass is 10.2. The number of aromatic nitrogens is 1. The molecule has 2 N–H and O–H groups in total. The number of methoxy groups -OCH3 is 1. The van der Waals surface area contributed by atoms with E-state index in [2.05, 4.69) is 4.98 Å². The number of ether oxygens (including phenoxy) is 1. The fourth-order valence-electron chi connectivity index (χ4n) is 2.69. The Morgan fingerprint density at radius 3 is 2.65 bits per heavy atom. The van der Waals surface area contributed by atoms with E-state index in [1.165, 1.54) is 0 Å². The van der Waals surface area contributed by atoms with Gasteiger partial charge in [0.05, 0.1) is 5.56 Å². The fourth-order valence-corrected chi connectivity index (χ4v) is 2.69. The summed E-state index contributed by atoms with van der Waals surface area (Å²) in [5.41, 5.74) is 5.82. The minimum absolute atomic E-state index is 0.178. The van der Waals surface area contributed by atoms with Crippen LogP contribution in [0.25, 0.3) is 0 Å². The van der Waals surface area contributed by atoms with Crippen LogP contribution in [0, 0.1) is 0 Å². The van der Waals surface area contributed by atoms with Crippen LogP contribution in [-0.4, -0.2) is 61.6 Å². The van der Waals surface area contributed by atoms with Gasteiger partial charge in [0, 0.05) is 52.5 Å². The van der Waals surface area contributed by atoms with Gasteiger partial charge in [0.15, 0.2) is 0 Å². The van der Waals surface area contributed by atoms with Crippen LogP contribution in [0.1, 0.15) is 29.6 Å². The van der Waals surface area contributed by atoms with Gasteiger partial charge in [-0.05, 0) is 25.0 Å². The number of primary amides is 1. The Bertz CT molecular complexity index is 542. The molecule has 2 amide bonds. The van der Waals surface area contributed by atoms with Gasteiger partial charge in [0.25, 0.3) is 5.91 Å². The molecule has 1 aromatic heterocycles. The molecule has 126 valence electrons. The van der Waals surface area contributed by atoms with E-state index < -0.39 is 5.91 Å². The summed E-state index contributed by atoms with van der Waals surface area (Å²) in [4.78, 5) is 31.8. The molecule has 7 heteroatoms. The third kappa shape index (κ3) is 4.66. The quantitative estimate of drug-likeness (QED) is 0.745. The first kappa shape index (κ1) is 17.2. The lowest BCUT2D eigenvalue weighted by Gasteiger charge is -2.36. The van der Waals surface area contributed by atoms with Crippen molar-refractivity contribution in [1.82, 2.24) is 9.88 Å². The lowest BCUT2D eigenvalue weighted by Crippen LogP contribution is -2.49. The molecule has 23 heavy (non-hydrogen) atoms. The number of rotatable bonds is 7. The second-order valence-corrected chi connectivity index (χ2v) is 5.56. The van der Waals surface area contributed by atoms with Gasteiger partial charge in [-0.15, -0.1) is 0 Å². The Morgan fingerprint density at radius 1 is 1.26 bits per heavy atom. The van der Waals surface area contributed by atoms with Crippen molar-refractivity contribution in [2.24, 2.45) is 5.73 Å². The average Bonchev–Trinajstić information content (AvgIpc) is 2.58. The third-order valence-electron chi connectivity index (χ3n) is 3.97. The van der Waals surface area contributed by atoms with Crippen molar-refractivity contribution in [2.75, 3.05) is 44.8 Å². The maximum atomic E-state index is 12.2. The van der Waals surface area contributed by atoms with Gasteiger partial charge in [-0.3, -0.25) is 9.59 Å². The van der Waals surface area contributed by atoms with Gasteiger partial charge < -0.3 is 20.3 Å². The Morgan fingerprint density at radius 2 is 2.00 bits per heavy atom. The number of carbonyl (C=O) groups is 2. The normalized spacial score (nSPS) is 14.8. The van der Waals surface area contributed by atoms with Crippen LogP contribution in [0.3, 0.4) is 0 Å². The highest BCUT2D eigenvalue weighted by atomic mass is 16.5. The van der Waals surface area contributed by atoms with Crippen LogP contribution in [0.15, 0.2) is 18.3 Å². The molecule has 1 aliphatic rings. The van der Waals surface area contributed by atoms with Crippen LogP contribution >= 0.6 is 0 Å². The van der Waals surface area contributed by atoms with E-state index in [0.29, 0.717) is 50.6 Å². The number of nitrogens with zero attached hydrogens (tertiary/aromatic N) is 3. The standard InChI is InChI=1S/C16H24N4O3/c1-23-12-3-2-6-14(21)19-8-10-20(11-9-19)16-13(15(17)22)5-4-7-18-16/h4-5,7H,2-3,6,8-12H2,1H3,(H2,17,22). The van der Waals surface area contributed by atoms with Gasteiger partial charge >= 0.3 is 0 Å². The maximum absolute atomic E-state index is 12.2. The molecule has 1 fully saturated rings. The van der Waals surface area contributed by atoms with Gasteiger partial charge in [0.1, 0.15) is 5.82 Å². The molecule has 1 aliphatic heterocycles. The zero-order chi connectivity index (χ0) is 16.7. The van der Waals surface area contributed by atoms with Gasteiger partial charge in [-0.2, -0.15) is 0 Å². The zero-order valence-corrected chi connectivity index (χ0v) is 13.5. The molecule has 0 saturated carbocycles. The number of carbonyl (C=O) groups excluding carboxylic acids is 2. The molecule has 2 rings (SSSR count). The number of nitrogens with two attached hydrogens (primary N) is 1. The van der Waals surface area contributed by atoms with Crippen LogP contribution in [0.2, 0.25) is 0 Å². The smallest absolute Gasteiger partial charge is 0.252 e. The Balaban J connectivity index is 1.87. The summed E-state index contributed by atoms with van der Waals surface area (Å²) in [6, 6.07) is 3.38. The van der Waals surface area contributed by atoms with Crippen molar-refractivity contribution in [2.45, 2.75) is 19.3 Å². The molecule has 0 bridgehead atoms. The summed E-state index contributed by atoms with van der Waals surface area (Å²) in [5.74, 6) is 0.300. The zero-order valence-electron chi connectivity index (χ0n) is 13.5. The maximum Gasteiger partial charge on any atom is 0.252 e. The summed E-state index contributed by atoms with van der Waals surface area (Å²) in [7, 11) is 1.67. The summed E-state index contributed by atoms with van der Waals surface area (Å²) in [5, 5.41) is 0. The largest absolute Gasteiger partial charge is 0.385 e. The molecule has 2 heterocycles. The number of amides is 2. The summed E-state index contributed by atoms with van der Waals surface area (Å²) >= 11 is 0. The molecule has 0 aromatic carbocycles. The number of anilines is 1. The molecular weight excluding hydrogens is 296 g/mol. The number of hydrogen-bond donors (Lipinski definition) is 1. The highest BCUT2D eigenvalue weighted by Gasteiger charge is 2.23. The van der Waals surface area contributed by atoms with E-state index in [1.807, 2.05) is 9.80 Å². The summed E-state index contributed by atoms with van der Waals surface area (Å²) < 4.78 is 4.99. The molecule has 0 spiro atoms.